The predicted octanol–water partition coefficient (Wildman–Crippen LogP) is 7.27. The quantitative estimate of drug-likeness (QED) is 0.281. The summed E-state index contributed by atoms with van der Waals surface area (Å²) in [6, 6.07) is 26.8. The number of likely N-dealkylation sites (tertiary alicyclic amines) is 1. The molecule has 2 saturated heterocycles. The van der Waals surface area contributed by atoms with E-state index in [1.807, 2.05) is 4.90 Å². The number of halogens is 3. The molecule has 0 aliphatic carbocycles. The number of carbonyl (C=O) groups excluding carboxylic acids is 1. The van der Waals surface area contributed by atoms with E-state index in [2.05, 4.69) is 65.6 Å². The van der Waals surface area contributed by atoms with Gasteiger partial charge in [0, 0.05) is 32.1 Å². The van der Waals surface area contributed by atoms with Gasteiger partial charge in [-0.1, -0.05) is 72.8 Å². The van der Waals surface area contributed by atoms with Crippen molar-refractivity contribution in [1.82, 2.24) is 14.7 Å². The van der Waals surface area contributed by atoms with E-state index in [0.717, 1.165) is 69.6 Å². The van der Waals surface area contributed by atoms with Crippen LogP contribution in [0.15, 0.2) is 84.9 Å². The molecule has 0 radical (unpaired) electrons. The summed E-state index contributed by atoms with van der Waals surface area (Å²) in [5, 5.41) is 0. The van der Waals surface area contributed by atoms with E-state index in [0.29, 0.717) is 31.5 Å². The van der Waals surface area contributed by atoms with Gasteiger partial charge in [0.15, 0.2) is 0 Å². The molecule has 0 unspecified atom stereocenters. The van der Waals surface area contributed by atoms with E-state index in [1.165, 1.54) is 23.3 Å². The molecule has 0 saturated carbocycles. The molecule has 2 aliphatic heterocycles. The normalized spacial score (nSPS) is 17.6. The van der Waals surface area contributed by atoms with Gasteiger partial charge in [0.05, 0.1) is 5.56 Å². The topological polar surface area (TPSA) is 26.8 Å². The van der Waals surface area contributed by atoms with Gasteiger partial charge >= 0.3 is 12.2 Å². The van der Waals surface area contributed by atoms with E-state index < -0.39 is 11.7 Å². The number of urea groups is 1. The fourth-order valence-electron chi connectivity index (χ4n) is 6.27. The average molecular weight is 550 g/mol. The zero-order valence-corrected chi connectivity index (χ0v) is 22.9. The minimum Gasteiger partial charge on any atom is -0.325 e. The Labute approximate surface area is 235 Å². The van der Waals surface area contributed by atoms with Crippen LogP contribution in [0.4, 0.5) is 18.0 Å². The highest BCUT2D eigenvalue weighted by Crippen LogP contribution is 2.38. The van der Waals surface area contributed by atoms with Crippen LogP contribution < -0.4 is 0 Å². The third-order valence-corrected chi connectivity index (χ3v) is 8.38. The fraction of sp³-hybridized carbons (Fsp3) is 0.424. The summed E-state index contributed by atoms with van der Waals surface area (Å²) >= 11 is 0. The number of amides is 2. The van der Waals surface area contributed by atoms with Gasteiger partial charge in [-0.2, -0.15) is 13.2 Å². The molecule has 0 aromatic heterocycles. The maximum absolute atomic E-state index is 13.1. The first kappa shape index (κ1) is 28.2. The molecule has 2 heterocycles. The molecule has 0 spiro atoms. The summed E-state index contributed by atoms with van der Waals surface area (Å²) < 4.78 is 38.6. The molecule has 3 aromatic carbocycles. The number of piperidine rings is 1. The van der Waals surface area contributed by atoms with Crippen molar-refractivity contribution in [1.29, 1.82) is 0 Å². The van der Waals surface area contributed by atoms with Crippen LogP contribution in [0.3, 0.4) is 0 Å². The van der Waals surface area contributed by atoms with E-state index in [9.17, 15) is 18.0 Å². The number of nitrogens with zero attached hydrogens (tertiary/aromatic N) is 3. The summed E-state index contributed by atoms with van der Waals surface area (Å²) in [6.45, 7) is 5.51. The van der Waals surface area contributed by atoms with Crippen LogP contribution in [0.25, 0.3) is 0 Å². The van der Waals surface area contributed by atoms with Crippen LogP contribution in [-0.4, -0.2) is 60.0 Å². The SMILES string of the molecule is O=C1N(CCCN2CCC(C(c3ccccc3)c3ccccc3)CC2)CCCN1Cc1ccc(C(F)(F)F)cc1. The molecule has 0 atom stereocenters. The second-order valence-electron chi connectivity index (χ2n) is 11.1. The van der Waals surface area contributed by atoms with Crippen molar-refractivity contribution < 1.29 is 18.0 Å². The van der Waals surface area contributed by atoms with Crippen LogP contribution in [0.1, 0.15) is 53.9 Å². The molecule has 40 heavy (non-hydrogen) atoms. The highest BCUT2D eigenvalue weighted by Gasteiger charge is 2.31. The maximum atomic E-state index is 13.1. The highest BCUT2D eigenvalue weighted by molar-refractivity contribution is 5.75. The summed E-state index contributed by atoms with van der Waals surface area (Å²) in [5.41, 5.74) is 2.83. The lowest BCUT2D eigenvalue weighted by atomic mass is 9.76. The second-order valence-corrected chi connectivity index (χ2v) is 11.1. The number of rotatable bonds is 9. The van der Waals surface area contributed by atoms with Crippen LogP contribution in [0, 0.1) is 5.92 Å². The van der Waals surface area contributed by atoms with Crippen molar-refractivity contribution in [2.75, 3.05) is 39.3 Å². The third kappa shape index (κ3) is 7.05. The molecule has 7 heteroatoms. The Kier molecular flexibility index (Phi) is 9.10. The number of benzene rings is 3. The molecule has 0 N–H and O–H groups in total. The lowest BCUT2D eigenvalue weighted by Crippen LogP contribution is -2.49. The Morgan fingerprint density at radius 1 is 0.725 bits per heavy atom. The van der Waals surface area contributed by atoms with Crippen molar-refractivity contribution in [2.45, 2.75) is 44.3 Å². The third-order valence-electron chi connectivity index (χ3n) is 8.38. The zero-order chi connectivity index (χ0) is 28.0. The van der Waals surface area contributed by atoms with Gasteiger partial charge in [-0.3, -0.25) is 0 Å². The molecule has 3 aromatic rings. The fourth-order valence-corrected chi connectivity index (χ4v) is 6.27. The first-order valence-corrected chi connectivity index (χ1v) is 14.4. The van der Waals surface area contributed by atoms with Gasteiger partial charge in [-0.25, -0.2) is 4.79 Å². The molecule has 0 bridgehead atoms. The standard InChI is InChI=1S/C33H38F3N3O/c34-33(35,36)30-15-13-26(14-16-30)25-39-22-8-21-38(32(39)40)20-7-19-37-23-17-29(18-24-37)31(27-9-3-1-4-10-27)28-11-5-2-6-12-28/h1-6,9-16,29,31H,7-8,17-25H2. The van der Waals surface area contributed by atoms with Crippen LogP contribution >= 0.6 is 0 Å². The Balaban J connectivity index is 1.09. The zero-order valence-electron chi connectivity index (χ0n) is 22.9. The Bertz CT molecular complexity index is 1170. The van der Waals surface area contributed by atoms with Crippen molar-refractivity contribution in [3.05, 3.63) is 107 Å². The van der Waals surface area contributed by atoms with Gasteiger partial charge in [-0.15, -0.1) is 0 Å². The largest absolute Gasteiger partial charge is 0.416 e. The molecule has 2 amide bonds. The summed E-state index contributed by atoms with van der Waals surface area (Å²) in [5.74, 6) is 1.01. The van der Waals surface area contributed by atoms with E-state index in [-0.39, 0.29) is 6.03 Å². The lowest BCUT2D eigenvalue weighted by Gasteiger charge is -2.38. The first-order chi connectivity index (χ1) is 19.4. The average Bonchev–Trinajstić information content (AvgIpc) is 2.97. The number of alkyl halides is 3. The van der Waals surface area contributed by atoms with Gasteiger partial charge in [0.25, 0.3) is 0 Å². The van der Waals surface area contributed by atoms with E-state index in [4.69, 9.17) is 0 Å². The predicted molar refractivity (Wildman–Crippen MR) is 152 cm³/mol. The van der Waals surface area contributed by atoms with Crippen LogP contribution in [-0.2, 0) is 12.7 Å². The highest BCUT2D eigenvalue weighted by atomic mass is 19.4. The molecule has 5 rings (SSSR count). The molecular formula is C33H38F3N3O. The Morgan fingerprint density at radius 2 is 1.30 bits per heavy atom. The van der Waals surface area contributed by atoms with Gasteiger partial charge in [0.2, 0.25) is 0 Å². The molecule has 212 valence electrons. The number of hydrogen-bond donors (Lipinski definition) is 0. The Hall–Kier alpha value is -3.32. The van der Waals surface area contributed by atoms with Crippen molar-refractivity contribution in [3.8, 4) is 0 Å². The van der Waals surface area contributed by atoms with Crippen molar-refractivity contribution >= 4 is 6.03 Å². The molecular weight excluding hydrogens is 511 g/mol. The second kappa shape index (κ2) is 12.9. The van der Waals surface area contributed by atoms with Crippen LogP contribution in [0.5, 0.6) is 0 Å². The van der Waals surface area contributed by atoms with E-state index >= 15 is 0 Å². The molecule has 4 nitrogen and oxygen atoms in total. The molecule has 2 aliphatic rings. The van der Waals surface area contributed by atoms with Crippen LogP contribution in [0.2, 0.25) is 0 Å². The van der Waals surface area contributed by atoms with E-state index in [1.54, 1.807) is 4.90 Å². The number of hydrogen-bond acceptors (Lipinski definition) is 2. The summed E-state index contributed by atoms with van der Waals surface area (Å²) in [4.78, 5) is 19.3. The summed E-state index contributed by atoms with van der Waals surface area (Å²) in [7, 11) is 0. The minimum absolute atomic E-state index is 0.0154. The van der Waals surface area contributed by atoms with Gasteiger partial charge < -0.3 is 14.7 Å². The van der Waals surface area contributed by atoms with Gasteiger partial charge in [-0.05, 0) is 80.1 Å². The molecule has 2 fully saturated rings. The van der Waals surface area contributed by atoms with Gasteiger partial charge in [0.1, 0.15) is 0 Å². The van der Waals surface area contributed by atoms with Crippen molar-refractivity contribution in [3.63, 3.8) is 0 Å². The monoisotopic (exact) mass is 549 g/mol. The Morgan fingerprint density at radius 3 is 1.88 bits per heavy atom. The summed E-state index contributed by atoms with van der Waals surface area (Å²) in [6.07, 6.45) is -0.253. The maximum Gasteiger partial charge on any atom is 0.416 e. The number of carbonyl (C=O) groups is 1. The lowest BCUT2D eigenvalue weighted by molar-refractivity contribution is -0.137. The smallest absolute Gasteiger partial charge is 0.325 e. The van der Waals surface area contributed by atoms with Crippen molar-refractivity contribution in [2.24, 2.45) is 5.92 Å². The first-order valence-electron chi connectivity index (χ1n) is 14.4. The minimum atomic E-state index is -4.35.